The Morgan fingerprint density at radius 3 is 2.40 bits per heavy atom. The summed E-state index contributed by atoms with van der Waals surface area (Å²) >= 11 is 9.84. The van der Waals surface area contributed by atoms with E-state index in [-0.39, 0.29) is 12.5 Å². The molecule has 0 unspecified atom stereocenters. The van der Waals surface area contributed by atoms with Gasteiger partial charge in [0.05, 0.1) is 6.61 Å². The molecule has 5 rings (SSSR count). The smallest absolute Gasteiger partial charge is 0.266 e. The Labute approximate surface area is 258 Å². The van der Waals surface area contributed by atoms with Gasteiger partial charge in [-0.05, 0) is 59.2 Å². The van der Waals surface area contributed by atoms with Crippen molar-refractivity contribution in [3.05, 3.63) is 135 Å². The maximum absolute atomic E-state index is 14.2. The highest BCUT2D eigenvalue weighted by Crippen LogP contribution is 2.42. The fourth-order valence-electron chi connectivity index (χ4n) is 4.80. The van der Waals surface area contributed by atoms with Gasteiger partial charge in [-0.1, -0.05) is 88.2 Å². The van der Waals surface area contributed by atoms with E-state index in [1.807, 2.05) is 103 Å². The summed E-state index contributed by atoms with van der Waals surface area (Å²) in [6, 6.07) is 32.4. The van der Waals surface area contributed by atoms with E-state index >= 15 is 0 Å². The maximum Gasteiger partial charge on any atom is 0.266 e. The first-order valence-corrected chi connectivity index (χ1v) is 14.8. The lowest BCUT2D eigenvalue weighted by atomic mass is 9.82. The van der Waals surface area contributed by atoms with Gasteiger partial charge in [0.25, 0.3) is 5.91 Å². The minimum atomic E-state index is -1.33. The van der Waals surface area contributed by atoms with E-state index in [4.69, 9.17) is 31.2 Å². The number of hydrogen-bond donors (Lipinski definition) is 3. The molecule has 1 heterocycles. The number of hydrazine groups is 1. The number of aliphatic hydroxyl groups excluding tert-OH is 1. The van der Waals surface area contributed by atoms with Crippen LogP contribution in [-0.2, 0) is 22.5 Å². The number of ether oxygens (including phenoxy) is 2. The van der Waals surface area contributed by atoms with Crippen LogP contribution in [0.25, 0.3) is 0 Å². The molecule has 216 valence electrons. The van der Waals surface area contributed by atoms with Crippen molar-refractivity contribution in [3.8, 4) is 5.75 Å². The topological polar surface area (TPSA) is 92.2 Å². The van der Waals surface area contributed by atoms with Crippen molar-refractivity contribution in [1.82, 2.24) is 10.9 Å². The van der Waals surface area contributed by atoms with Crippen LogP contribution in [0.5, 0.6) is 5.75 Å². The molecule has 9 heteroatoms. The molecule has 0 bridgehead atoms. The lowest BCUT2D eigenvalue weighted by molar-refractivity contribution is -0.130. The van der Waals surface area contributed by atoms with Crippen molar-refractivity contribution in [2.45, 2.75) is 31.0 Å². The molecular weight excluding hydrogens is 618 g/mol. The minimum absolute atomic E-state index is 0.0684. The number of nitrogens with one attached hydrogen (secondary N) is 2. The fourth-order valence-corrected chi connectivity index (χ4v) is 5.26. The summed E-state index contributed by atoms with van der Waals surface area (Å²) in [5.41, 5.74) is 7.96. The molecule has 0 spiro atoms. The first kappa shape index (κ1) is 29.8. The molecule has 0 aromatic heterocycles. The van der Waals surface area contributed by atoms with Crippen LogP contribution in [0.4, 0.5) is 0 Å². The SMILES string of the molecule is O=C(NNCc1ccccc1Cl)[C@@]1(Cc2ccccc2)N=C(c2ccc(OCCCO)cc2)O[C@H]1c1ccc(Br)cc1. The Morgan fingerprint density at radius 1 is 0.976 bits per heavy atom. The van der Waals surface area contributed by atoms with E-state index in [1.165, 1.54) is 0 Å². The van der Waals surface area contributed by atoms with Crippen LogP contribution in [0, 0.1) is 0 Å². The van der Waals surface area contributed by atoms with Crippen molar-refractivity contribution >= 4 is 39.3 Å². The van der Waals surface area contributed by atoms with E-state index in [9.17, 15) is 4.79 Å². The molecule has 1 aliphatic rings. The van der Waals surface area contributed by atoms with Crippen LogP contribution < -0.4 is 15.6 Å². The Hall–Kier alpha value is -3.69. The summed E-state index contributed by atoms with van der Waals surface area (Å²) in [6.07, 6.45) is 0.150. The van der Waals surface area contributed by atoms with Crippen LogP contribution in [0.3, 0.4) is 0 Å². The predicted molar refractivity (Wildman–Crippen MR) is 167 cm³/mol. The fraction of sp³-hybridized carbons (Fsp3) is 0.212. The molecule has 4 aromatic carbocycles. The molecule has 7 nitrogen and oxygen atoms in total. The lowest BCUT2D eigenvalue weighted by Gasteiger charge is -2.31. The quantitative estimate of drug-likeness (QED) is 0.126. The average Bonchev–Trinajstić information content (AvgIpc) is 3.40. The van der Waals surface area contributed by atoms with Gasteiger partial charge in [0.1, 0.15) is 5.75 Å². The van der Waals surface area contributed by atoms with E-state index in [2.05, 4.69) is 26.8 Å². The summed E-state index contributed by atoms with van der Waals surface area (Å²) in [7, 11) is 0. The van der Waals surface area contributed by atoms with Gasteiger partial charge in [0.15, 0.2) is 11.6 Å². The number of carbonyl (C=O) groups excluding carboxylic acids is 1. The molecule has 0 fully saturated rings. The summed E-state index contributed by atoms with van der Waals surface area (Å²) in [5.74, 6) is 0.708. The number of halogens is 2. The normalized spacial score (nSPS) is 17.8. The summed E-state index contributed by atoms with van der Waals surface area (Å²) in [4.78, 5) is 19.3. The standard InChI is InChI=1S/C33H31BrClN3O4/c34-27-15-11-24(12-16-27)30-33(21-23-7-2-1-3-8-23,32(40)38-36-22-26-9-4-5-10-29(26)35)37-31(42-30)25-13-17-28(18-14-25)41-20-6-19-39/h1-5,7-18,30,36,39H,6,19-22H2,(H,38,40)/t30-,33-/m0/s1. The van der Waals surface area contributed by atoms with Crippen LogP contribution in [0.2, 0.25) is 5.02 Å². The number of benzene rings is 4. The van der Waals surface area contributed by atoms with Gasteiger partial charge in [-0.2, -0.15) is 0 Å². The average molecular weight is 649 g/mol. The second-order valence-corrected chi connectivity index (χ2v) is 11.2. The van der Waals surface area contributed by atoms with Crippen molar-refractivity contribution < 1.29 is 19.4 Å². The van der Waals surface area contributed by atoms with Crippen LogP contribution in [0.15, 0.2) is 113 Å². The number of nitrogens with zero attached hydrogens (tertiary/aromatic N) is 1. The third-order valence-electron chi connectivity index (χ3n) is 6.96. The first-order valence-electron chi connectivity index (χ1n) is 13.7. The summed E-state index contributed by atoms with van der Waals surface area (Å²) in [5, 5.41) is 9.64. The van der Waals surface area contributed by atoms with Gasteiger partial charge in [-0.25, -0.2) is 10.4 Å². The highest BCUT2D eigenvalue weighted by molar-refractivity contribution is 9.10. The van der Waals surface area contributed by atoms with Gasteiger partial charge in [0.2, 0.25) is 5.90 Å². The van der Waals surface area contributed by atoms with E-state index in [0.717, 1.165) is 26.7 Å². The highest BCUT2D eigenvalue weighted by Gasteiger charge is 2.53. The van der Waals surface area contributed by atoms with Crippen molar-refractivity contribution in [3.63, 3.8) is 0 Å². The number of aliphatic hydroxyl groups is 1. The number of aliphatic imine (C=N–C) groups is 1. The molecule has 0 saturated carbocycles. The number of hydrogen-bond acceptors (Lipinski definition) is 6. The third-order valence-corrected chi connectivity index (χ3v) is 7.86. The van der Waals surface area contributed by atoms with Gasteiger partial charge in [-0.3, -0.25) is 10.2 Å². The van der Waals surface area contributed by atoms with Gasteiger partial charge < -0.3 is 14.6 Å². The molecular formula is C33H31BrClN3O4. The molecule has 42 heavy (non-hydrogen) atoms. The third kappa shape index (κ3) is 7.02. The second-order valence-electron chi connectivity index (χ2n) is 9.90. The number of rotatable bonds is 12. The van der Waals surface area contributed by atoms with Gasteiger partial charge in [-0.15, -0.1) is 0 Å². The van der Waals surface area contributed by atoms with Crippen LogP contribution in [0.1, 0.15) is 34.8 Å². The molecule has 0 radical (unpaired) electrons. The second kappa shape index (κ2) is 14.0. The van der Waals surface area contributed by atoms with Gasteiger partial charge >= 0.3 is 0 Å². The molecule has 3 N–H and O–H groups in total. The van der Waals surface area contributed by atoms with Crippen molar-refractivity contribution in [1.29, 1.82) is 0 Å². The zero-order chi connectivity index (χ0) is 29.4. The predicted octanol–water partition coefficient (Wildman–Crippen LogP) is 6.18. The number of carbonyl (C=O) groups is 1. The Bertz CT molecular complexity index is 1520. The van der Waals surface area contributed by atoms with E-state index < -0.39 is 11.6 Å². The van der Waals surface area contributed by atoms with Crippen LogP contribution >= 0.6 is 27.5 Å². The molecule has 2 atom stereocenters. The molecule has 1 amide bonds. The zero-order valence-electron chi connectivity index (χ0n) is 22.8. The van der Waals surface area contributed by atoms with Gasteiger partial charge in [0, 0.05) is 41.1 Å². The van der Waals surface area contributed by atoms with Crippen molar-refractivity contribution in [2.75, 3.05) is 13.2 Å². The molecule has 1 aliphatic heterocycles. The molecule has 0 aliphatic carbocycles. The van der Waals surface area contributed by atoms with Crippen molar-refractivity contribution in [2.24, 2.45) is 4.99 Å². The first-order chi connectivity index (χ1) is 20.5. The Kier molecular flexibility index (Phi) is 9.92. The highest BCUT2D eigenvalue weighted by atomic mass is 79.9. The minimum Gasteiger partial charge on any atom is -0.494 e. The molecule has 4 aromatic rings. The maximum atomic E-state index is 14.2. The van der Waals surface area contributed by atoms with E-state index in [0.29, 0.717) is 42.7 Å². The Morgan fingerprint density at radius 2 is 1.69 bits per heavy atom. The summed E-state index contributed by atoms with van der Waals surface area (Å²) < 4.78 is 13.2. The largest absolute Gasteiger partial charge is 0.494 e. The molecule has 0 saturated heterocycles. The zero-order valence-corrected chi connectivity index (χ0v) is 25.1. The lowest BCUT2D eigenvalue weighted by Crippen LogP contribution is -2.53. The van der Waals surface area contributed by atoms with E-state index in [1.54, 1.807) is 0 Å². The summed E-state index contributed by atoms with van der Waals surface area (Å²) in [6.45, 7) is 0.824. The number of amides is 1. The Balaban J connectivity index is 1.50. The van der Waals surface area contributed by atoms with Crippen LogP contribution in [-0.4, -0.2) is 35.7 Å². The monoisotopic (exact) mass is 647 g/mol.